The van der Waals surface area contributed by atoms with Crippen molar-refractivity contribution in [3.05, 3.63) is 52.3 Å². The van der Waals surface area contributed by atoms with Gasteiger partial charge in [-0.3, -0.25) is 0 Å². The summed E-state index contributed by atoms with van der Waals surface area (Å²) >= 11 is 1.77. The maximum atomic E-state index is 9.55. The quantitative estimate of drug-likeness (QED) is 0.734. The molecule has 0 saturated heterocycles. The summed E-state index contributed by atoms with van der Waals surface area (Å²) in [6, 6.07) is 0. The molecule has 2 aromatic heterocycles. The van der Waals surface area contributed by atoms with Gasteiger partial charge >= 0.3 is 11.9 Å². The molecule has 2 rings (SSSR count). The van der Waals surface area contributed by atoms with Gasteiger partial charge in [0.2, 0.25) is 0 Å². The van der Waals surface area contributed by atoms with Crippen molar-refractivity contribution >= 4 is 23.3 Å². The number of carboxylic acid groups (broad SMARTS) is 2. The Labute approximate surface area is 132 Å². The first kappa shape index (κ1) is 17.6. The van der Waals surface area contributed by atoms with Crippen LogP contribution in [0.1, 0.15) is 36.1 Å². The van der Waals surface area contributed by atoms with E-state index in [0.717, 1.165) is 12.1 Å². The van der Waals surface area contributed by atoms with Gasteiger partial charge in [-0.25, -0.2) is 14.6 Å². The minimum absolute atomic E-state index is 0.451. The van der Waals surface area contributed by atoms with Gasteiger partial charge in [-0.1, -0.05) is 6.92 Å². The van der Waals surface area contributed by atoms with Crippen LogP contribution >= 0.6 is 11.3 Å². The fraction of sp³-hybridized carbons (Fsp3) is 0.267. The van der Waals surface area contributed by atoms with Gasteiger partial charge in [0, 0.05) is 24.3 Å². The van der Waals surface area contributed by atoms with Crippen molar-refractivity contribution in [3.63, 3.8) is 0 Å². The summed E-state index contributed by atoms with van der Waals surface area (Å²) in [6.45, 7) is 4.37. The Morgan fingerprint density at radius 2 is 1.95 bits per heavy atom. The van der Waals surface area contributed by atoms with Crippen molar-refractivity contribution in [1.29, 1.82) is 0 Å². The zero-order chi connectivity index (χ0) is 16.5. The van der Waals surface area contributed by atoms with Gasteiger partial charge in [-0.15, -0.1) is 0 Å². The highest BCUT2D eigenvalue weighted by atomic mass is 32.1. The number of hydrogen-bond acceptors (Lipinski definition) is 4. The van der Waals surface area contributed by atoms with Gasteiger partial charge in [-0.05, 0) is 35.2 Å². The second-order valence-electron chi connectivity index (χ2n) is 4.47. The molecule has 7 heteroatoms. The van der Waals surface area contributed by atoms with E-state index in [4.69, 9.17) is 10.2 Å². The molecule has 118 valence electrons. The highest BCUT2D eigenvalue weighted by molar-refractivity contribution is 7.08. The van der Waals surface area contributed by atoms with Gasteiger partial charge in [-0.2, -0.15) is 11.3 Å². The van der Waals surface area contributed by atoms with Crippen LogP contribution in [0.15, 0.2) is 35.4 Å². The Balaban J connectivity index is 0.000000261. The lowest BCUT2D eigenvalue weighted by atomic mass is 9.93. The topological polar surface area (TPSA) is 103 Å². The van der Waals surface area contributed by atoms with Crippen molar-refractivity contribution in [3.8, 4) is 0 Å². The van der Waals surface area contributed by atoms with Crippen LogP contribution in [0.5, 0.6) is 0 Å². The van der Waals surface area contributed by atoms with Crippen LogP contribution in [0.2, 0.25) is 0 Å². The monoisotopic (exact) mass is 322 g/mol. The third kappa shape index (κ3) is 5.53. The minimum atomic E-state index is -1.26. The molecular weight excluding hydrogens is 304 g/mol. The molecule has 0 spiro atoms. The summed E-state index contributed by atoms with van der Waals surface area (Å²) < 4.78 is 0. The van der Waals surface area contributed by atoms with Gasteiger partial charge < -0.3 is 15.2 Å². The molecule has 0 fully saturated rings. The SMILES string of the molecule is CCC(c1c[nH]cn1)c1cscc1C.O=C(O)C=CC(=O)O. The first-order valence-corrected chi connectivity index (χ1v) is 7.55. The first-order valence-electron chi connectivity index (χ1n) is 6.61. The summed E-state index contributed by atoms with van der Waals surface area (Å²) in [6.07, 6.45) is 5.96. The lowest BCUT2D eigenvalue weighted by Gasteiger charge is -2.11. The molecule has 1 atom stereocenters. The van der Waals surface area contributed by atoms with Crippen molar-refractivity contribution < 1.29 is 19.8 Å². The highest BCUT2D eigenvalue weighted by Crippen LogP contribution is 2.30. The molecule has 0 saturated carbocycles. The first-order chi connectivity index (χ1) is 10.5. The number of aryl methyl sites for hydroxylation is 1. The van der Waals surface area contributed by atoms with Gasteiger partial charge in [0.1, 0.15) is 0 Å². The molecule has 0 radical (unpaired) electrons. The zero-order valence-electron chi connectivity index (χ0n) is 12.3. The van der Waals surface area contributed by atoms with Crippen LogP contribution < -0.4 is 0 Å². The molecule has 0 aromatic carbocycles. The number of nitrogens with one attached hydrogen (secondary N) is 1. The van der Waals surface area contributed by atoms with Crippen molar-refractivity contribution in [2.24, 2.45) is 0 Å². The molecule has 0 aliphatic rings. The molecule has 2 heterocycles. The van der Waals surface area contributed by atoms with E-state index in [-0.39, 0.29) is 0 Å². The number of aromatic nitrogens is 2. The predicted molar refractivity (Wildman–Crippen MR) is 84.2 cm³/mol. The lowest BCUT2D eigenvalue weighted by molar-refractivity contribution is -0.134. The Hall–Kier alpha value is -2.41. The number of carboxylic acids is 2. The van der Waals surface area contributed by atoms with E-state index in [1.165, 1.54) is 11.1 Å². The Morgan fingerprint density at radius 1 is 1.32 bits per heavy atom. The maximum Gasteiger partial charge on any atom is 0.328 e. The molecule has 1 unspecified atom stereocenters. The predicted octanol–water partition coefficient (Wildman–Crippen LogP) is 3.03. The molecule has 6 nitrogen and oxygen atoms in total. The summed E-state index contributed by atoms with van der Waals surface area (Å²) in [7, 11) is 0. The smallest absolute Gasteiger partial charge is 0.328 e. The van der Waals surface area contributed by atoms with E-state index in [0.29, 0.717) is 18.1 Å². The number of imidazole rings is 1. The number of aliphatic carboxylic acids is 2. The molecule has 3 N–H and O–H groups in total. The fourth-order valence-electron chi connectivity index (χ4n) is 1.92. The third-order valence-corrected chi connectivity index (χ3v) is 3.80. The van der Waals surface area contributed by atoms with Crippen LogP contribution in [-0.2, 0) is 9.59 Å². The number of H-pyrrole nitrogens is 1. The fourth-order valence-corrected chi connectivity index (χ4v) is 2.83. The van der Waals surface area contributed by atoms with Crippen LogP contribution in [0.25, 0.3) is 0 Å². The van der Waals surface area contributed by atoms with Gasteiger partial charge in [0.25, 0.3) is 0 Å². The summed E-state index contributed by atoms with van der Waals surface area (Å²) in [5.74, 6) is -2.06. The Morgan fingerprint density at radius 3 is 2.32 bits per heavy atom. The van der Waals surface area contributed by atoms with E-state index >= 15 is 0 Å². The van der Waals surface area contributed by atoms with Crippen LogP contribution in [0.3, 0.4) is 0 Å². The number of aromatic amines is 1. The molecule has 22 heavy (non-hydrogen) atoms. The van der Waals surface area contributed by atoms with E-state index < -0.39 is 11.9 Å². The molecule has 0 bridgehead atoms. The zero-order valence-corrected chi connectivity index (χ0v) is 13.1. The largest absolute Gasteiger partial charge is 0.478 e. The summed E-state index contributed by atoms with van der Waals surface area (Å²) in [4.78, 5) is 26.5. The Kier molecular flexibility index (Phi) is 7.04. The average molecular weight is 322 g/mol. The number of thiophene rings is 1. The highest BCUT2D eigenvalue weighted by Gasteiger charge is 2.16. The number of hydrogen-bond donors (Lipinski definition) is 3. The normalized spacial score (nSPS) is 11.7. The average Bonchev–Trinajstić information content (AvgIpc) is 3.11. The van der Waals surface area contributed by atoms with Gasteiger partial charge in [0.15, 0.2) is 0 Å². The Bertz CT molecular complexity index is 616. The molecule has 2 aromatic rings. The van der Waals surface area contributed by atoms with Crippen molar-refractivity contribution in [2.75, 3.05) is 0 Å². The number of rotatable bonds is 5. The number of carbonyl (C=O) groups is 2. The van der Waals surface area contributed by atoms with E-state index in [1.54, 1.807) is 17.7 Å². The third-order valence-electron chi connectivity index (χ3n) is 2.92. The standard InChI is InChI=1S/C11H14N2S.C4H4O4/c1-3-9(11-4-12-7-13-11)10-6-14-5-8(10)2;5-3(6)1-2-4(7)8/h4-7,9H,3H2,1-2H3,(H,12,13);1-2H,(H,5,6)(H,7,8). The molecule has 0 aliphatic carbocycles. The van der Waals surface area contributed by atoms with Crippen molar-refractivity contribution in [1.82, 2.24) is 9.97 Å². The van der Waals surface area contributed by atoms with E-state index in [2.05, 4.69) is 34.6 Å². The molecule has 0 aliphatic heterocycles. The van der Waals surface area contributed by atoms with E-state index in [9.17, 15) is 9.59 Å². The summed E-state index contributed by atoms with van der Waals surface area (Å²) in [5.41, 5.74) is 3.95. The molecule has 0 amide bonds. The lowest BCUT2D eigenvalue weighted by Crippen LogP contribution is -1.99. The number of nitrogens with zero attached hydrogens (tertiary/aromatic N) is 1. The minimum Gasteiger partial charge on any atom is -0.478 e. The van der Waals surface area contributed by atoms with Crippen molar-refractivity contribution in [2.45, 2.75) is 26.2 Å². The van der Waals surface area contributed by atoms with Crippen LogP contribution in [-0.4, -0.2) is 32.1 Å². The second kappa shape index (κ2) is 8.78. The van der Waals surface area contributed by atoms with Crippen LogP contribution in [0.4, 0.5) is 0 Å². The van der Waals surface area contributed by atoms with Gasteiger partial charge in [0.05, 0.1) is 12.0 Å². The van der Waals surface area contributed by atoms with E-state index in [1.807, 2.05) is 6.20 Å². The van der Waals surface area contributed by atoms with Crippen LogP contribution in [0, 0.1) is 6.92 Å². The maximum absolute atomic E-state index is 9.55. The summed E-state index contributed by atoms with van der Waals surface area (Å²) in [5, 5.41) is 20.1. The molecular formula is C15H18N2O4S. The second-order valence-corrected chi connectivity index (χ2v) is 5.22.